The average Bonchev–Trinajstić information content (AvgIpc) is 2.51. The lowest BCUT2D eigenvalue weighted by Crippen LogP contribution is -2.19. The Morgan fingerprint density at radius 3 is 2.61 bits per heavy atom. The topological polar surface area (TPSA) is 59.3 Å². The Kier molecular flexibility index (Phi) is 3.93. The fourth-order valence-electron chi connectivity index (χ4n) is 2.50. The van der Waals surface area contributed by atoms with Crippen LogP contribution in [0.4, 0.5) is 15.8 Å². The largest absolute Gasteiger partial charge is 0.421 e. The third-order valence-corrected chi connectivity index (χ3v) is 4.80. The van der Waals surface area contributed by atoms with Gasteiger partial charge in [0.2, 0.25) is 0 Å². The number of fused-ring (bicyclic) bond motifs is 1. The van der Waals surface area contributed by atoms with E-state index in [-0.39, 0.29) is 40.5 Å². The Labute approximate surface area is 140 Å². The van der Waals surface area contributed by atoms with Gasteiger partial charge in [-0.15, -0.1) is 0 Å². The van der Waals surface area contributed by atoms with Crippen molar-refractivity contribution in [1.82, 2.24) is 0 Å². The SMILES string of the molecule is CC1=C(Br)c2oc(=O)c(C)c(Nc3ccccc3F)c2C(=O)C1. The molecule has 0 saturated heterocycles. The summed E-state index contributed by atoms with van der Waals surface area (Å²) in [6, 6.07) is 6.08. The van der Waals surface area contributed by atoms with Crippen LogP contribution in [0.3, 0.4) is 0 Å². The number of allylic oxidation sites excluding steroid dienone is 1. The fourth-order valence-corrected chi connectivity index (χ4v) is 2.92. The van der Waals surface area contributed by atoms with Gasteiger partial charge in [0, 0.05) is 6.42 Å². The third kappa shape index (κ3) is 2.63. The second-order valence-corrected chi connectivity index (χ2v) is 6.19. The maximum Gasteiger partial charge on any atom is 0.341 e. The van der Waals surface area contributed by atoms with Crippen LogP contribution in [-0.2, 0) is 0 Å². The van der Waals surface area contributed by atoms with Gasteiger partial charge < -0.3 is 9.73 Å². The van der Waals surface area contributed by atoms with Gasteiger partial charge in [-0.2, -0.15) is 0 Å². The van der Waals surface area contributed by atoms with Crippen molar-refractivity contribution in [3.05, 3.63) is 63.0 Å². The van der Waals surface area contributed by atoms with Gasteiger partial charge in [0.05, 0.1) is 27.0 Å². The van der Waals surface area contributed by atoms with E-state index in [2.05, 4.69) is 21.2 Å². The van der Waals surface area contributed by atoms with Crippen molar-refractivity contribution in [3.8, 4) is 0 Å². The van der Waals surface area contributed by atoms with Gasteiger partial charge in [0.25, 0.3) is 0 Å². The number of carbonyl (C=O) groups excluding carboxylic acids is 1. The number of nitrogens with one attached hydrogen (secondary N) is 1. The summed E-state index contributed by atoms with van der Waals surface area (Å²) < 4.78 is 19.8. The summed E-state index contributed by atoms with van der Waals surface area (Å²) in [5, 5.41) is 2.88. The van der Waals surface area contributed by atoms with Gasteiger partial charge in [0.15, 0.2) is 11.5 Å². The number of ketones is 1. The first-order chi connectivity index (χ1) is 10.9. The first-order valence-corrected chi connectivity index (χ1v) is 7.77. The maximum atomic E-state index is 13.9. The number of hydrogen-bond acceptors (Lipinski definition) is 4. The fraction of sp³-hybridized carbons (Fsp3) is 0.176. The predicted molar refractivity (Wildman–Crippen MR) is 89.9 cm³/mol. The van der Waals surface area contributed by atoms with Crippen LogP contribution in [-0.4, -0.2) is 5.78 Å². The van der Waals surface area contributed by atoms with Crippen molar-refractivity contribution in [1.29, 1.82) is 0 Å². The van der Waals surface area contributed by atoms with Crippen LogP contribution in [0.5, 0.6) is 0 Å². The molecule has 2 aromatic rings. The van der Waals surface area contributed by atoms with E-state index in [1.54, 1.807) is 32.0 Å². The van der Waals surface area contributed by atoms with E-state index >= 15 is 0 Å². The number of benzene rings is 1. The monoisotopic (exact) mass is 377 g/mol. The summed E-state index contributed by atoms with van der Waals surface area (Å²) in [6.45, 7) is 3.33. The molecule has 0 bridgehead atoms. The van der Waals surface area contributed by atoms with Crippen LogP contribution in [0.15, 0.2) is 39.1 Å². The van der Waals surface area contributed by atoms with Crippen LogP contribution in [0.1, 0.15) is 35.0 Å². The molecule has 1 heterocycles. The summed E-state index contributed by atoms with van der Waals surface area (Å²) >= 11 is 3.37. The first kappa shape index (κ1) is 15.7. The Morgan fingerprint density at radius 2 is 1.91 bits per heavy atom. The zero-order chi connectivity index (χ0) is 16.7. The van der Waals surface area contributed by atoms with Crippen molar-refractivity contribution in [3.63, 3.8) is 0 Å². The zero-order valence-corrected chi connectivity index (χ0v) is 14.1. The number of halogens is 2. The molecule has 0 radical (unpaired) electrons. The van der Waals surface area contributed by atoms with Crippen LogP contribution in [0.2, 0.25) is 0 Å². The molecule has 4 nitrogen and oxygen atoms in total. The van der Waals surface area contributed by atoms with E-state index in [4.69, 9.17) is 4.42 Å². The summed E-state index contributed by atoms with van der Waals surface area (Å²) in [4.78, 5) is 24.5. The number of rotatable bonds is 2. The Bertz CT molecular complexity index is 915. The molecule has 1 aliphatic carbocycles. The molecule has 1 aliphatic rings. The molecule has 0 spiro atoms. The number of carbonyl (C=O) groups is 1. The molecule has 0 amide bonds. The second kappa shape index (κ2) is 5.77. The van der Waals surface area contributed by atoms with Gasteiger partial charge in [-0.05, 0) is 47.5 Å². The summed E-state index contributed by atoms with van der Waals surface area (Å²) in [5.74, 6) is -0.456. The highest BCUT2D eigenvalue weighted by molar-refractivity contribution is 9.15. The van der Waals surface area contributed by atoms with E-state index in [1.165, 1.54) is 6.07 Å². The normalized spacial score (nSPS) is 14.0. The number of hydrogen-bond donors (Lipinski definition) is 1. The van der Waals surface area contributed by atoms with Gasteiger partial charge in [-0.1, -0.05) is 12.1 Å². The van der Waals surface area contributed by atoms with Crippen molar-refractivity contribution >= 4 is 37.6 Å². The molecule has 118 valence electrons. The van der Waals surface area contributed by atoms with Gasteiger partial charge in [0.1, 0.15) is 5.82 Å². The van der Waals surface area contributed by atoms with E-state index < -0.39 is 11.4 Å². The standard InChI is InChI=1S/C17H13BrFNO3/c1-8-7-12(21)13-15(20-11-6-4-3-5-10(11)19)9(2)17(22)23-16(13)14(8)18/h3-6,20H,7H2,1-2H3. The van der Waals surface area contributed by atoms with Gasteiger partial charge >= 0.3 is 5.63 Å². The van der Waals surface area contributed by atoms with E-state index in [0.717, 1.165) is 5.57 Å². The minimum Gasteiger partial charge on any atom is -0.421 e. The highest BCUT2D eigenvalue weighted by Crippen LogP contribution is 2.39. The lowest BCUT2D eigenvalue weighted by atomic mass is 9.93. The Morgan fingerprint density at radius 1 is 1.22 bits per heavy atom. The van der Waals surface area contributed by atoms with Gasteiger partial charge in [-0.3, -0.25) is 4.79 Å². The Hall–Kier alpha value is -2.21. The highest BCUT2D eigenvalue weighted by atomic mass is 79.9. The molecule has 1 aromatic heterocycles. The number of anilines is 2. The van der Waals surface area contributed by atoms with E-state index in [1.807, 2.05) is 0 Å². The summed E-state index contributed by atoms with van der Waals surface area (Å²) in [7, 11) is 0. The molecule has 1 aromatic carbocycles. The quantitative estimate of drug-likeness (QED) is 0.834. The minimum absolute atomic E-state index is 0.175. The van der Waals surface area contributed by atoms with Crippen LogP contribution >= 0.6 is 15.9 Å². The number of Topliss-reactive ketones (excluding diaryl/α,β-unsaturated/α-hetero) is 1. The molecule has 3 rings (SSSR count). The molecule has 1 N–H and O–H groups in total. The molecule has 0 atom stereocenters. The predicted octanol–water partition coefficient (Wildman–Crippen LogP) is 4.54. The van der Waals surface area contributed by atoms with Crippen molar-refractivity contribution < 1.29 is 13.6 Å². The third-order valence-electron chi connectivity index (χ3n) is 3.77. The Balaban J connectivity index is 2.26. The molecule has 0 unspecified atom stereocenters. The molecular formula is C17H13BrFNO3. The average molecular weight is 378 g/mol. The maximum absolute atomic E-state index is 13.9. The molecule has 0 fully saturated rings. The van der Waals surface area contributed by atoms with Crippen molar-refractivity contribution in [2.45, 2.75) is 20.3 Å². The zero-order valence-electron chi connectivity index (χ0n) is 12.5. The molecule has 6 heteroatoms. The smallest absolute Gasteiger partial charge is 0.341 e. The molecule has 0 aliphatic heterocycles. The number of para-hydroxylation sites is 1. The lowest BCUT2D eigenvalue weighted by molar-refractivity contribution is 0.0989. The molecule has 0 saturated carbocycles. The molecular weight excluding hydrogens is 365 g/mol. The summed E-state index contributed by atoms with van der Waals surface area (Å²) in [5.41, 5.74) is 1.20. The van der Waals surface area contributed by atoms with Crippen molar-refractivity contribution in [2.24, 2.45) is 0 Å². The first-order valence-electron chi connectivity index (χ1n) is 6.98. The van der Waals surface area contributed by atoms with Crippen molar-refractivity contribution in [2.75, 3.05) is 5.32 Å². The summed E-state index contributed by atoms with van der Waals surface area (Å²) in [6.07, 6.45) is 0.215. The van der Waals surface area contributed by atoms with Crippen LogP contribution < -0.4 is 10.9 Å². The minimum atomic E-state index is -0.568. The highest BCUT2D eigenvalue weighted by Gasteiger charge is 2.29. The van der Waals surface area contributed by atoms with Gasteiger partial charge in [-0.25, -0.2) is 9.18 Å². The van der Waals surface area contributed by atoms with Crippen LogP contribution in [0, 0.1) is 12.7 Å². The second-order valence-electron chi connectivity index (χ2n) is 5.39. The molecule has 23 heavy (non-hydrogen) atoms. The van der Waals surface area contributed by atoms with Crippen LogP contribution in [0.25, 0.3) is 4.48 Å². The van der Waals surface area contributed by atoms with E-state index in [9.17, 15) is 14.0 Å². The lowest BCUT2D eigenvalue weighted by Gasteiger charge is -2.20. The van der Waals surface area contributed by atoms with E-state index in [0.29, 0.717) is 4.48 Å².